The molecule has 1 aliphatic rings. The Morgan fingerprint density at radius 3 is 1.25 bits per heavy atom. The van der Waals surface area contributed by atoms with Gasteiger partial charge in [-0.05, 0) is 38.5 Å². The van der Waals surface area contributed by atoms with Crippen molar-refractivity contribution in [2.75, 3.05) is 13.2 Å². The summed E-state index contributed by atoms with van der Waals surface area (Å²) in [5.74, 6) is -0.628. The minimum Gasteiger partial charge on any atom is -0.394 e. The maximum absolute atomic E-state index is 13.1. The van der Waals surface area contributed by atoms with Crippen molar-refractivity contribution in [1.82, 2.24) is 5.32 Å². The predicted octanol–water partition coefficient (Wildman–Crippen LogP) is 13.3. The molecule has 0 saturated carbocycles. The Labute approximate surface area is 424 Å². The molecule has 0 spiro atoms. The predicted molar refractivity (Wildman–Crippen MR) is 287 cm³/mol. The summed E-state index contributed by atoms with van der Waals surface area (Å²) in [6, 6.07) is -1.00. The van der Waals surface area contributed by atoms with Gasteiger partial charge in [-0.1, -0.05) is 269 Å². The van der Waals surface area contributed by atoms with Crippen LogP contribution in [0.25, 0.3) is 0 Å². The van der Waals surface area contributed by atoms with E-state index in [0.29, 0.717) is 19.3 Å². The molecule has 406 valence electrons. The average Bonchev–Trinajstić information content (AvgIpc) is 3.35. The minimum absolute atomic E-state index is 0.304. The normalized spacial score (nSPS) is 20.1. The van der Waals surface area contributed by atoms with Gasteiger partial charge in [0.1, 0.15) is 30.5 Å². The van der Waals surface area contributed by atoms with Gasteiger partial charge in [0.25, 0.3) is 0 Å². The molecule has 0 radical (unpaired) electrons. The van der Waals surface area contributed by atoms with Gasteiger partial charge in [0.05, 0.1) is 25.4 Å². The lowest BCUT2D eigenvalue weighted by molar-refractivity contribution is -0.302. The molecule has 0 bridgehead atoms. The van der Waals surface area contributed by atoms with Gasteiger partial charge in [0.2, 0.25) is 5.91 Å². The standard InChI is InChI=1S/C59H111NO9/c1-3-5-7-9-11-13-15-17-18-19-20-21-22-23-24-25-26-27-28-29-30-31-32-33-34-35-36-38-40-42-44-46-48-53(63)58(67)60-51(50-68-59-57(66)56(65)55(64)54(49-61)69-59)52(62)47-45-43-41-39-37-16-14-12-10-8-6-4-2/h10,12,37,39,45,47,51-57,59,61-66H,3-9,11,13-36,38,40-44,46,48-50H2,1-2H3,(H,60,67)/b12-10+,39-37+,47-45+. The van der Waals surface area contributed by atoms with E-state index in [1.54, 1.807) is 6.08 Å². The molecule has 10 nitrogen and oxygen atoms in total. The van der Waals surface area contributed by atoms with E-state index in [4.69, 9.17) is 9.47 Å². The van der Waals surface area contributed by atoms with Gasteiger partial charge in [-0.2, -0.15) is 0 Å². The first-order valence-electron chi connectivity index (χ1n) is 29.3. The molecule has 0 aromatic rings. The van der Waals surface area contributed by atoms with Gasteiger partial charge in [-0.3, -0.25) is 4.79 Å². The Balaban J connectivity index is 2.14. The van der Waals surface area contributed by atoms with Crippen LogP contribution < -0.4 is 5.32 Å². The van der Waals surface area contributed by atoms with Crippen LogP contribution in [0.2, 0.25) is 0 Å². The number of aliphatic hydroxyl groups is 6. The lowest BCUT2D eigenvalue weighted by Gasteiger charge is -2.40. The van der Waals surface area contributed by atoms with Gasteiger partial charge < -0.3 is 45.4 Å². The second-order valence-corrected chi connectivity index (χ2v) is 20.6. The van der Waals surface area contributed by atoms with Crippen molar-refractivity contribution in [2.45, 2.75) is 320 Å². The molecular formula is C59H111NO9. The first-order valence-corrected chi connectivity index (χ1v) is 29.3. The minimum atomic E-state index is -1.62. The number of rotatable bonds is 50. The molecule has 1 fully saturated rings. The van der Waals surface area contributed by atoms with Crippen LogP contribution in [0, 0.1) is 0 Å². The number of carbonyl (C=O) groups is 1. The van der Waals surface area contributed by atoms with Gasteiger partial charge in [0.15, 0.2) is 6.29 Å². The van der Waals surface area contributed by atoms with Crippen LogP contribution in [-0.4, -0.2) is 98.7 Å². The Hall–Kier alpha value is -1.63. The first-order chi connectivity index (χ1) is 33.8. The zero-order valence-corrected chi connectivity index (χ0v) is 44.7. The van der Waals surface area contributed by atoms with E-state index in [0.717, 1.165) is 44.9 Å². The molecule has 8 unspecified atom stereocenters. The summed E-state index contributed by atoms with van der Waals surface area (Å²) >= 11 is 0. The van der Waals surface area contributed by atoms with E-state index in [2.05, 4.69) is 43.5 Å². The third-order valence-corrected chi connectivity index (χ3v) is 14.1. The lowest BCUT2D eigenvalue weighted by Crippen LogP contribution is -2.60. The fraction of sp³-hybridized carbons (Fsp3) is 0.881. The summed E-state index contributed by atoms with van der Waals surface area (Å²) in [5, 5.41) is 64.8. The molecule has 0 aromatic heterocycles. The second-order valence-electron chi connectivity index (χ2n) is 20.6. The second kappa shape index (κ2) is 48.6. The van der Waals surface area contributed by atoms with Crippen LogP contribution in [0.15, 0.2) is 36.5 Å². The number of nitrogens with one attached hydrogen (secondary N) is 1. The zero-order valence-electron chi connectivity index (χ0n) is 44.7. The molecule has 1 saturated heterocycles. The number of hydrogen-bond donors (Lipinski definition) is 7. The van der Waals surface area contributed by atoms with E-state index < -0.39 is 61.5 Å². The van der Waals surface area contributed by atoms with E-state index in [1.165, 1.54) is 193 Å². The Bertz CT molecular complexity index is 1200. The molecule has 1 heterocycles. The van der Waals surface area contributed by atoms with Crippen LogP contribution >= 0.6 is 0 Å². The Kier molecular flexibility index (Phi) is 46.1. The summed E-state index contributed by atoms with van der Waals surface area (Å²) in [6.45, 7) is 3.56. The fourth-order valence-corrected chi connectivity index (χ4v) is 9.30. The summed E-state index contributed by atoms with van der Waals surface area (Å²) in [6.07, 6.45) is 52.9. The Morgan fingerprint density at radius 1 is 0.493 bits per heavy atom. The van der Waals surface area contributed by atoms with Crippen molar-refractivity contribution < 1.29 is 44.9 Å². The molecule has 0 aliphatic carbocycles. The molecule has 1 aliphatic heterocycles. The molecule has 10 heteroatoms. The van der Waals surface area contributed by atoms with Crippen LogP contribution in [0.4, 0.5) is 0 Å². The van der Waals surface area contributed by atoms with Crippen LogP contribution in [0.5, 0.6) is 0 Å². The van der Waals surface area contributed by atoms with Crippen LogP contribution in [0.1, 0.15) is 271 Å². The van der Waals surface area contributed by atoms with E-state index >= 15 is 0 Å². The highest BCUT2D eigenvalue weighted by molar-refractivity contribution is 5.80. The first kappa shape index (κ1) is 65.4. The molecule has 8 atom stereocenters. The topological polar surface area (TPSA) is 169 Å². The number of aliphatic hydroxyl groups excluding tert-OH is 6. The maximum atomic E-state index is 13.1. The van der Waals surface area contributed by atoms with Crippen molar-refractivity contribution in [3.63, 3.8) is 0 Å². The molecule has 1 rings (SSSR count). The highest BCUT2D eigenvalue weighted by atomic mass is 16.7. The van der Waals surface area contributed by atoms with E-state index in [9.17, 15) is 35.4 Å². The van der Waals surface area contributed by atoms with Gasteiger partial charge >= 0.3 is 0 Å². The van der Waals surface area contributed by atoms with E-state index in [1.807, 2.05) is 6.08 Å². The molecule has 1 amide bonds. The SMILES string of the molecule is CCCC/C=C/CC/C=C/CC/C=C/C(O)C(COC1OC(CO)C(O)C(O)C1O)NC(=O)C(O)CCCCCCCCCCCCCCCCCCCCCCCCCCCCCCCCCC. The quantitative estimate of drug-likeness (QED) is 0.0232. The van der Waals surface area contributed by atoms with Crippen molar-refractivity contribution in [3.8, 4) is 0 Å². The van der Waals surface area contributed by atoms with Gasteiger partial charge in [0, 0.05) is 0 Å². The highest BCUT2D eigenvalue weighted by Crippen LogP contribution is 2.23. The highest BCUT2D eigenvalue weighted by Gasteiger charge is 2.44. The Morgan fingerprint density at radius 2 is 0.855 bits per heavy atom. The van der Waals surface area contributed by atoms with Crippen LogP contribution in [-0.2, 0) is 14.3 Å². The monoisotopic (exact) mass is 978 g/mol. The largest absolute Gasteiger partial charge is 0.394 e. The number of hydrogen-bond acceptors (Lipinski definition) is 9. The number of unbranched alkanes of at least 4 members (excludes halogenated alkanes) is 35. The van der Waals surface area contributed by atoms with E-state index in [-0.39, 0.29) is 6.61 Å². The van der Waals surface area contributed by atoms with Crippen molar-refractivity contribution in [1.29, 1.82) is 0 Å². The van der Waals surface area contributed by atoms with Crippen molar-refractivity contribution in [2.24, 2.45) is 0 Å². The summed E-state index contributed by atoms with van der Waals surface area (Å²) < 4.78 is 11.1. The molecule has 69 heavy (non-hydrogen) atoms. The lowest BCUT2D eigenvalue weighted by atomic mass is 9.99. The zero-order chi connectivity index (χ0) is 50.3. The number of allylic oxidation sites excluding steroid dienone is 5. The summed E-state index contributed by atoms with van der Waals surface area (Å²) in [4.78, 5) is 13.1. The van der Waals surface area contributed by atoms with Gasteiger partial charge in [-0.15, -0.1) is 0 Å². The third kappa shape index (κ3) is 37.7. The average molecular weight is 979 g/mol. The molecular weight excluding hydrogens is 867 g/mol. The van der Waals surface area contributed by atoms with Crippen molar-refractivity contribution >= 4 is 5.91 Å². The van der Waals surface area contributed by atoms with Gasteiger partial charge in [-0.25, -0.2) is 0 Å². The molecule has 0 aromatic carbocycles. The number of amides is 1. The third-order valence-electron chi connectivity index (χ3n) is 14.1. The number of ether oxygens (including phenoxy) is 2. The van der Waals surface area contributed by atoms with Crippen molar-refractivity contribution in [3.05, 3.63) is 36.5 Å². The summed E-state index contributed by atoms with van der Waals surface area (Å²) in [7, 11) is 0. The maximum Gasteiger partial charge on any atom is 0.249 e. The summed E-state index contributed by atoms with van der Waals surface area (Å²) in [5.41, 5.74) is 0. The number of carbonyl (C=O) groups excluding carboxylic acids is 1. The fourth-order valence-electron chi connectivity index (χ4n) is 9.30. The van der Waals surface area contributed by atoms with Crippen LogP contribution in [0.3, 0.4) is 0 Å². The molecule has 7 N–H and O–H groups in total. The smallest absolute Gasteiger partial charge is 0.249 e.